The van der Waals surface area contributed by atoms with Gasteiger partial charge in [-0.2, -0.15) is 0 Å². The number of benzene rings is 1. The number of hydrogen-bond donors (Lipinski definition) is 1. The molecule has 1 atom stereocenters. The smallest absolute Gasteiger partial charge is 0.311 e. The number of aliphatic carboxylic acids is 1. The van der Waals surface area contributed by atoms with Crippen LogP contribution >= 0.6 is 0 Å². The van der Waals surface area contributed by atoms with Crippen molar-refractivity contribution in [2.24, 2.45) is 0 Å². The van der Waals surface area contributed by atoms with Gasteiger partial charge in [0.15, 0.2) is 0 Å². The van der Waals surface area contributed by atoms with Gasteiger partial charge in [-0.15, -0.1) is 0 Å². The van der Waals surface area contributed by atoms with Crippen molar-refractivity contribution in [1.29, 1.82) is 0 Å². The van der Waals surface area contributed by atoms with Crippen molar-refractivity contribution in [3.8, 4) is 11.3 Å². The first-order chi connectivity index (χ1) is 9.25. The molecule has 0 amide bonds. The second-order valence-corrected chi connectivity index (χ2v) is 4.88. The average Bonchev–Trinajstić information content (AvgIpc) is 2.47. The number of carbonyl (C=O) groups is 1. The van der Waals surface area contributed by atoms with E-state index in [-0.39, 0.29) is 5.92 Å². The van der Waals surface area contributed by atoms with Gasteiger partial charge in [-0.3, -0.25) is 9.78 Å². The number of carboxylic acid groups (broad SMARTS) is 1. The quantitative estimate of drug-likeness (QED) is 0.893. The van der Waals surface area contributed by atoms with E-state index in [1.807, 2.05) is 42.5 Å². The maximum atomic E-state index is 11.2. The van der Waals surface area contributed by atoms with Crippen molar-refractivity contribution in [3.05, 3.63) is 53.7 Å². The molecule has 1 aromatic heterocycles. The van der Waals surface area contributed by atoms with E-state index < -0.39 is 5.97 Å². The molecule has 1 N–H and O–H groups in total. The number of rotatable bonds is 2. The van der Waals surface area contributed by atoms with Crippen LogP contribution in [0.1, 0.15) is 30.0 Å². The molecule has 1 unspecified atom stereocenters. The van der Waals surface area contributed by atoms with Crippen LogP contribution in [0, 0.1) is 0 Å². The first-order valence-electron chi connectivity index (χ1n) is 6.54. The van der Waals surface area contributed by atoms with Crippen LogP contribution in [0.4, 0.5) is 0 Å². The topological polar surface area (TPSA) is 50.2 Å². The Morgan fingerprint density at radius 2 is 1.95 bits per heavy atom. The predicted molar refractivity (Wildman–Crippen MR) is 73.0 cm³/mol. The highest BCUT2D eigenvalue weighted by Gasteiger charge is 2.27. The number of aryl methyl sites for hydroxylation is 1. The van der Waals surface area contributed by atoms with Crippen molar-refractivity contribution >= 4 is 5.97 Å². The van der Waals surface area contributed by atoms with E-state index in [9.17, 15) is 9.90 Å². The highest BCUT2D eigenvalue weighted by Crippen LogP contribution is 2.32. The van der Waals surface area contributed by atoms with Gasteiger partial charge in [0, 0.05) is 11.3 Å². The molecule has 0 saturated heterocycles. The third-order valence-corrected chi connectivity index (χ3v) is 3.66. The Hall–Kier alpha value is -2.16. The standard InChI is InChI=1S/C16H15NO2/c18-16(19)13-7-4-8-15-12(13)9-10-14(17-15)11-5-2-1-3-6-11/h1-3,5-6,9-10,13H,4,7-8H2,(H,18,19). The fourth-order valence-corrected chi connectivity index (χ4v) is 2.68. The van der Waals surface area contributed by atoms with Gasteiger partial charge in [0.2, 0.25) is 0 Å². The van der Waals surface area contributed by atoms with Crippen LogP contribution in [0.2, 0.25) is 0 Å². The lowest BCUT2D eigenvalue weighted by molar-refractivity contribution is -0.139. The van der Waals surface area contributed by atoms with Gasteiger partial charge in [0.1, 0.15) is 0 Å². The van der Waals surface area contributed by atoms with Crippen LogP contribution in [0.15, 0.2) is 42.5 Å². The summed E-state index contributed by atoms with van der Waals surface area (Å²) in [5.41, 5.74) is 3.83. The predicted octanol–water partition coefficient (Wildman–Crippen LogP) is 3.25. The third kappa shape index (κ3) is 2.24. The highest BCUT2D eigenvalue weighted by molar-refractivity contribution is 5.77. The van der Waals surface area contributed by atoms with Crippen LogP contribution < -0.4 is 0 Å². The minimum absolute atomic E-state index is 0.388. The molecule has 1 aromatic carbocycles. The number of pyridine rings is 1. The zero-order chi connectivity index (χ0) is 13.2. The maximum Gasteiger partial charge on any atom is 0.311 e. The molecule has 96 valence electrons. The number of nitrogens with zero attached hydrogens (tertiary/aromatic N) is 1. The lowest BCUT2D eigenvalue weighted by Gasteiger charge is -2.21. The SMILES string of the molecule is O=C(O)C1CCCc2nc(-c3ccccc3)ccc21. The van der Waals surface area contributed by atoms with Crippen molar-refractivity contribution < 1.29 is 9.90 Å². The van der Waals surface area contributed by atoms with Crippen molar-refractivity contribution in [3.63, 3.8) is 0 Å². The Morgan fingerprint density at radius 3 is 2.68 bits per heavy atom. The number of aromatic nitrogens is 1. The molecule has 0 radical (unpaired) electrons. The molecular weight excluding hydrogens is 238 g/mol. The van der Waals surface area contributed by atoms with Crippen molar-refractivity contribution in [2.45, 2.75) is 25.2 Å². The number of hydrogen-bond acceptors (Lipinski definition) is 2. The Balaban J connectivity index is 2.03. The summed E-state index contributed by atoms with van der Waals surface area (Å²) in [6, 6.07) is 13.8. The van der Waals surface area contributed by atoms with Crippen LogP contribution in [-0.2, 0) is 11.2 Å². The third-order valence-electron chi connectivity index (χ3n) is 3.66. The van der Waals surface area contributed by atoms with E-state index in [1.165, 1.54) is 0 Å². The molecule has 0 bridgehead atoms. The van der Waals surface area contributed by atoms with Crippen molar-refractivity contribution in [2.75, 3.05) is 0 Å². The van der Waals surface area contributed by atoms with Gasteiger partial charge in [-0.1, -0.05) is 36.4 Å². The molecule has 3 heteroatoms. The van der Waals surface area contributed by atoms with Gasteiger partial charge in [-0.25, -0.2) is 0 Å². The zero-order valence-electron chi connectivity index (χ0n) is 10.5. The van der Waals surface area contributed by atoms with Crippen LogP contribution in [0.25, 0.3) is 11.3 Å². The molecule has 1 heterocycles. The van der Waals surface area contributed by atoms with E-state index in [0.29, 0.717) is 6.42 Å². The minimum atomic E-state index is -0.741. The Bertz CT molecular complexity index is 607. The summed E-state index contributed by atoms with van der Waals surface area (Å²) in [6.07, 6.45) is 2.49. The summed E-state index contributed by atoms with van der Waals surface area (Å²) in [6.45, 7) is 0. The van der Waals surface area contributed by atoms with Gasteiger partial charge >= 0.3 is 5.97 Å². The second kappa shape index (κ2) is 4.84. The first-order valence-corrected chi connectivity index (χ1v) is 6.54. The van der Waals surface area contributed by atoms with E-state index in [1.54, 1.807) is 0 Å². The van der Waals surface area contributed by atoms with Crippen molar-refractivity contribution in [1.82, 2.24) is 4.98 Å². The van der Waals surface area contributed by atoms with Crippen LogP contribution in [0.5, 0.6) is 0 Å². The van der Waals surface area contributed by atoms with E-state index in [0.717, 1.165) is 35.4 Å². The molecule has 1 aliphatic rings. The van der Waals surface area contributed by atoms with Gasteiger partial charge in [0.25, 0.3) is 0 Å². The second-order valence-electron chi connectivity index (χ2n) is 4.88. The summed E-state index contributed by atoms with van der Waals surface area (Å²) in [5, 5.41) is 9.24. The van der Waals surface area contributed by atoms with Crippen LogP contribution in [0.3, 0.4) is 0 Å². The molecule has 3 nitrogen and oxygen atoms in total. The molecule has 0 spiro atoms. The largest absolute Gasteiger partial charge is 0.481 e. The number of carboxylic acids is 1. The van der Waals surface area contributed by atoms with E-state index in [2.05, 4.69) is 4.98 Å². The molecular formula is C16H15NO2. The fourth-order valence-electron chi connectivity index (χ4n) is 2.68. The lowest BCUT2D eigenvalue weighted by atomic mass is 9.85. The van der Waals surface area contributed by atoms with Gasteiger partial charge in [-0.05, 0) is 30.9 Å². The number of fused-ring (bicyclic) bond motifs is 1. The molecule has 0 aliphatic heterocycles. The van der Waals surface area contributed by atoms with Crippen LogP contribution in [-0.4, -0.2) is 16.1 Å². The molecule has 3 rings (SSSR count). The molecule has 2 aromatic rings. The van der Waals surface area contributed by atoms with Gasteiger partial charge < -0.3 is 5.11 Å². The Kier molecular flexibility index (Phi) is 3.03. The normalized spacial score (nSPS) is 17.8. The first kappa shape index (κ1) is 11.9. The van der Waals surface area contributed by atoms with Gasteiger partial charge in [0.05, 0.1) is 11.6 Å². The average molecular weight is 253 g/mol. The summed E-state index contributed by atoms with van der Waals surface area (Å²) in [4.78, 5) is 15.9. The fraction of sp³-hybridized carbons (Fsp3) is 0.250. The Labute approximate surface area is 111 Å². The summed E-state index contributed by atoms with van der Waals surface area (Å²) in [5.74, 6) is -1.13. The highest BCUT2D eigenvalue weighted by atomic mass is 16.4. The maximum absolute atomic E-state index is 11.2. The zero-order valence-corrected chi connectivity index (χ0v) is 10.5. The summed E-state index contributed by atoms with van der Waals surface area (Å²) >= 11 is 0. The lowest BCUT2D eigenvalue weighted by Crippen LogP contribution is -2.19. The molecule has 19 heavy (non-hydrogen) atoms. The summed E-state index contributed by atoms with van der Waals surface area (Å²) in [7, 11) is 0. The van der Waals surface area contributed by atoms with E-state index >= 15 is 0 Å². The summed E-state index contributed by atoms with van der Waals surface area (Å²) < 4.78 is 0. The minimum Gasteiger partial charge on any atom is -0.481 e. The monoisotopic (exact) mass is 253 g/mol. The Morgan fingerprint density at radius 1 is 1.16 bits per heavy atom. The molecule has 1 aliphatic carbocycles. The molecule has 0 saturated carbocycles. The molecule has 0 fully saturated rings. The van der Waals surface area contributed by atoms with E-state index in [4.69, 9.17) is 0 Å².